The second-order valence-electron chi connectivity index (χ2n) is 5.32. The maximum Gasteiger partial charge on any atom is 0.316 e. The summed E-state index contributed by atoms with van der Waals surface area (Å²) in [6.45, 7) is 1.89. The zero-order chi connectivity index (χ0) is 17.8. The van der Waals surface area contributed by atoms with Gasteiger partial charge in [-0.05, 0) is 36.1 Å². The van der Waals surface area contributed by atoms with E-state index in [0.29, 0.717) is 11.4 Å². The molecular weight excluding hydrogens is 356 g/mol. The van der Waals surface area contributed by atoms with Gasteiger partial charge in [0.1, 0.15) is 10.7 Å². The number of hydrogen-bond donors (Lipinski definition) is 3. The molecule has 0 radical (unpaired) electrons. The maximum atomic E-state index is 12.4. The van der Waals surface area contributed by atoms with Crippen LogP contribution in [0.2, 0.25) is 0 Å². The lowest BCUT2D eigenvalue weighted by Gasteiger charge is -2.14. The number of rotatable bonds is 5. The van der Waals surface area contributed by atoms with Crippen molar-refractivity contribution in [1.82, 2.24) is 10.3 Å². The fourth-order valence-corrected chi connectivity index (χ4v) is 3.86. The molecule has 0 bridgehead atoms. The van der Waals surface area contributed by atoms with Crippen molar-refractivity contribution < 1.29 is 9.59 Å². The van der Waals surface area contributed by atoms with Gasteiger partial charge in [0.15, 0.2) is 0 Å². The van der Waals surface area contributed by atoms with Crippen LogP contribution < -0.4 is 16.4 Å². The maximum absolute atomic E-state index is 12.4. The molecule has 25 heavy (non-hydrogen) atoms. The third-order valence-corrected chi connectivity index (χ3v) is 5.38. The van der Waals surface area contributed by atoms with Gasteiger partial charge in [-0.3, -0.25) is 4.79 Å². The van der Waals surface area contributed by atoms with E-state index in [0.717, 1.165) is 15.4 Å². The Labute approximate surface area is 152 Å². The molecule has 1 atom stereocenters. The van der Waals surface area contributed by atoms with E-state index in [1.807, 2.05) is 36.6 Å². The van der Waals surface area contributed by atoms with E-state index >= 15 is 0 Å². The summed E-state index contributed by atoms with van der Waals surface area (Å²) in [7, 11) is 0. The molecule has 2 heterocycles. The van der Waals surface area contributed by atoms with Gasteiger partial charge in [0.2, 0.25) is 0 Å². The number of nitrogens with zero attached hydrogens (tertiary/aromatic N) is 1. The number of thiazole rings is 1. The first-order chi connectivity index (χ1) is 12.0. The Morgan fingerprint density at radius 2 is 1.92 bits per heavy atom. The number of benzene rings is 1. The minimum atomic E-state index is -0.612. The van der Waals surface area contributed by atoms with Gasteiger partial charge in [-0.15, -0.1) is 22.7 Å². The molecule has 3 aromatic rings. The van der Waals surface area contributed by atoms with E-state index in [2.05, 4.69) is 15.6 Å². The average Bonchev–Trinajstić information content (AvgIpc) is 3.26. The molecule has 2 aromatic heterocycles. The summed E-state index contributed by atoms with van der Waals surface area (Å²) in [5, 5.41) is 10.0. The minimum Gasteiger partial charge on any atom is -0.351 e. The first-order valence-electron chi connectivity index (χ1n) is 7.49. The van der Waals surface area contributed by atoms with Gasteiger partial charge in [-0.25, -0.2) is 9.78 Å². The molecule has 128 valence electrons. The lowest BCUT2D eigenvalue weighted by Crippen LogP contribution is -2.27. The fourth-order valence-electron chi connectivity index (χ4n) is 2.24. The number of carbonyl (C=O) groups is 2. The first kappa shape index (κ1) is 17.1. The average molecular weight is 372 g/mol. The number of nitrogens with one attached hydrogen (secondary N) is 2. The van der Waals surface area contributed by atoms with E-state index in [4.69, 9.17) is 5.73 Å². The molecule has 1 aromatic carbocycles. The van der Waals surface area contributed by atoms with Crippen LogP contribution in [0, 0.1) is 0 Å². The van der Waals surface area contributed by atoms with E-state index in [1.165, 1.54) is 11.3 Å². The quantitative estimate of drug-likeness (QED) is 0.634. The standard InChI is InChI=1S/C17H16N4O2S2/c1-10(11-4-6-12(7-5-11)20-17(18)23)19-15(22)13-9-25-16(21-13)14-3-2-8-24-14/h2-10H,1H3,(H,19,22)(H3,18,20,23). The third-order valence-electron chi connectivity index (χ3n) is 3.49. The highest BCUT2D eigenvalue weighted by atomic mass is 32.1. The molecular formula is C17H16N4O2S2. The normalized spacial score (nSPS) is 11.7. The largest absolute Gasteiger partial charge is 0.351 e. The highest BCUT2D eigenvalue weighted by Gasteiger charge is 2.15. The molecule has 0 spiro atoms. The number of primary amides is 1. The van der Waals surface area contributed by atoms with Gasteiger partial charge in [-0.2, -0.15) is 0 Å². The number of anilines is 1. The number of carbonyl (C=O) groups excluding carboxylic acids is 2. The third kappa shape index (κ3) is 4.23. The fraction of sp³-hybridized carbons (Fsp3) is 0.118. The molecule has 3 amide bonds. The van der Waals surface area contributed by atoms with E-state index in [1.54, 1.807) is 28.8 Å². The Kier molecular flexibility index (Phi) is 5.11. The van der Waals surface area contributed by atoms with Gasteiger partial charge < -0.3 is 16.4 Å². The lowest BCUT2D eigenvalue weighted by atomic mass is 10.1. The summed E-state index contributed by atoms with van der Waals surface area (Å²) in [4.78, 5) is 28.7. The Bertz CT molecular complexity index is 872. The van der Waals surface area contributed by atoms with Gasteiger partial charge >= 0.3 is 6.03 Å². The van der Waals surface area contributed by atoms with Crippen molar-refractivity contribution in [2.45, 2.75) is 13.0 Å². The topological polar surface area (TPSA) is 97.1 Å². The molecule has 0 fully saturated rings. The van der Waals surface area contributed by atoms with E-state index in [9.17, 15) is 9.59 Å². The van der Waals surface area contributed by atoms with Crippen molar-refractivity contribution in [2.24, 2.45) is 5.73 Å². The zero-order valence-corrected chi connectivity index (χ0v) is 15.0. The van der Waals surface area contributed by atoms with Crippen LogP contribution in [-0.2, 0) is 0 Å². The van der Waals surface area contributed by atoms with Crippen molar-refractivity contribution in [3.8, 4) is 9.88 Å². The number of aromatic nitrogens is 1. The zero-order valence-electron chi connectivity index (χ0n) is 13.4. The highest BCUT2D eigenvalue weighted by Crippen LogP contribution is 2.28. The summed E-state index contributed by atoms with van der Waals surface area (Å²) in [5.41, 5.74) is 7.01. The molecule has 0 saturated carbocycles. The predicted octanol–water partition coefficient (Wildman–Crippen LogP) is 3.85. The van der Waals surface area contributed by atoms with Crippen LogP contribution >= 0.6 is 22.7 Å². The summed E-state index contributed by atoms with van der Waals surface area (Å²) >= 11 is 3.05. The first-order valence-corrected chi connectivity index (χ1v) is 9.25. The van der Waals surface area contributed by atoms with Crippen LogP contribution in [0.3, 0.4) is 0 Å². The minimum absolute atomic E-state index is 0.193. The van der Waals surface area contributed by atoms with Gasteiger partial charge in [0.05, 0.1) is 10.9 Å². The van der Waals surface area contributed by atoms with Crippen molar-refractivity contribution in [3.05, 3.63) is 58.4 Å². The molecule has 1 unspecified atom stereocenters. The molecule has 0 aliphatic rings. The van der Waals surface area contributed by atoms with Crippen LogP contribution in [0.15, 0.2) is 47.2 Å². The molecule has 8 heteroatoms. The second kappa shape index (κ2) is 7.45. The summed E-state index contributed by atoms with van der Waals surface area (Å²) < 4.78 is 0. The molecule has 6 nitrogen and oxygen atoms in total. The molecule has 4 N–H and O–H groups in total. The molecule has 3 rings (SSSR count). The number of hydrogen-bond acceptors (Lipinski definition) is 5. The number of urea groups is 1. The van der Waals surface area contributed by atoms with Crippen LogP contribution in [0.4, 0.5) is 10.5 Å². The Morgan fingerprint density at radius 3 is 2.56 bits per heavy atom. The molecule has 0 aliphatic heterocycles. The summed E-state index contributed by atoms with van der Waals surface area (Å²) in [6, 6.07) is 10.3. The number of amides is 3. The summed E-state index contributed by atoms with van der Waals surface area (Å²) in [5.74, 6) is -0.217. The monoisotopic (exact) mass is 372 g/mol. The Morgan fingerprint density at radius 1 is 1.16 bits per heavy atom. The highest BCUT2D eigenvalue weighted by molar-refractivity contribution is 7.20. The number of nitrogens with two attached hydrogens (primary N) is 1. The molecule has 0 saturated heterocycles. The Hall–Kier alpha value is -2.71. The van der Waals surface area contributed by atoms with Crippen LogP contribution in [0.25, 0.3) is 9.88 Å². The van der Waals surface area contributed by atoms with Crippen molar-refractivity contribution >= 4 is 40.3 Å². The van der Waals surface area contributed by atoms with Crippen LogP contribution in [0.5, 0.6) is 0 Å². The van der Waals surface area contributed by atoms with Gasteiger partial charge in [-0.1, -0.05) is 18.2 Å². The predicted molar refractivity (Wildman–Crippen MR) is 101 cm³/mol. The molecule has 0 aliphatic carbocycles. The lowest BCUT2D eigenvalue weighted by molar-refractivity contribution is 0.0935. The van der Waals surface area contributed by atoms with Crippen molar-refractivity contribution in [2.75, 3.05) is 5.32 Å². The van der Waals surface area contributed by atoms with E-state index < -0.39 is 6.03 Å². The van der Waals surface area contributed by atoms with Crippen molar-refractivity contribution in [3.63, 3.8) is 0 Å². The Balaban J connectivity index is 1.65. The van der Waals surface area contributed by atoms with Crippen molar-refractivity contribution in [1.29, 1.82) is 0 Å². The van der Waals surface area contributed by atoms with Gasteiger partial charge in [0.25, 0.3) is 5.91 Å². The van der Waals surface area contributed by atoms with Crippen LogP contribution in [0.1, 0.15) is 29.0 Å². The van der Waals surface area contributed by atoms with Crippen LogP contribution in [-0.4, -0.2) is 16.9 Å². The SMILES string of the molecule is CC(NC(=O)c1csc(-c2cccs2)n1)c1ccc(NC(N)=O)cc1. The van der Waals surface area contributed by atoms with E-state index in [-0.39, 0.29) is 11.9 Å². The smallest absolute Gasteiger partial charge is 0.316 e. The second-order valence-corrected chi connectivity index (χ2v) is 7.13. The number of thiophene rings is 1. The summed E-state index contributed by atoms with van der Waals surface area (Å²) in [6.07, 6.45) is 0. The van der Waals surface area contributed by atoms with Gasteiger partial charge in [0, 0.05) is 11.1 Å².